The lowest BCUT2D eigenvalue weighted by Gasteiger charge is -2.07. The fourth-order valence-corrected chi connectivity index (χ4v) is 2.34. The number of aromatic nitrogens is 4. The van der Waals surface area contributed by atoms with Gasteiger partial charge in [0.05, 0.1) is 9.26 Å². The molecular formula is C14H12IN5. The van der Waals surface area contributed by atoms with E-state index >= 15 is 0 Å². The molecule has 0 amide bonds. The molecule has 0 aliphatic heterocycles. The molecule has 0 aliphatic carbocycles. The van der Waals surface area contributed by atoms with Crippen molar-refractivity contribution in [3.8, 4) is 11.3 Å². The summed E-state index contributed by atoms with van der Waals surface area (Å²) in [6, 6.07) is 10.3. The molecule has 2 N–H and O–H groups in total. The SMILES string of the molecule is Ic1cncnc1NCc1ccc(-c2ccn[nH]2)cc1. The van der Waals surface area contributed by atoms with Crippen molar-refractivity contribution in [1.29, 1.82) is 0 Å². The van der Waals surface area contributed by atoms with Gasteiger partial charge in [-0.1, -0.05) is 24.3 Å². The van der Waals surface area contributed by atoms with E-state index in [0.29, 0.717) is 0 Å². The number of hydrogen-bond donors (Lipinski definition) is 2. The molecule has 0 radical (unpaired) electrons. The normalized spacial score (nSPS) is 10.4. The van der Waals surface area contributed by atoms with Crippen LogP contribution >= 0.6 is 22.6 Å². The molecule has 0 bridgehead atoms. The number of nitrogens with one attached hydrogen (secondary N) is 2. The minimum absolute atomic E-state index is 0.732. The predicted molar refractivity (Wildman–Crippen MR) is 86.1 cm³/mol. The summed E-state index contributed by atoms with van der Waals surface area (Å²) in [5.74, 6) is 0.859. The Labute approximate surface area is 130 Å². The standard InChI is InChI=1S/C14H12IN5/c15-12-8-16-9-18-14(12)17-7-10-1-3-11(4-2-10)13-5-6-19-20-13/h1-6,8-9H,7H2,(H,19,20)(H,16,17,18). The Hall–Kier alpha value is -1.96. The summed E-state index contributed by atoms with van der Waals surface area (Å²) >= 11 is 2.22. The van der Waals surface area contributed by atoms with Gasteiger partial charge in [0.1, 0.15) is 12.1 Å². The average molecular weight is 377 g/mol. The van der Waals surface area contributed by atoms with Gasteiger partial charge in [-0.2, -0.15) is 5.10 Å². The second kappa shape index (κ2) is 6.00. The quantitative estimate of drug-likeness (QED) is 0.686. The Morgan fingerprint density at radius 2 is 2.00 bits per heavy atom. The molecule has 0 saturated carbocycles. The third-order valence-corrected chi connectivity index (χ3v) is 3.68. The Balaban J connectivity index is 1.68. The van der Waals surface area contributed by atoms with Crippen LogP contribution < -0.4 is 5.32 Å². The number of halogens is 1. The van der Waals surface area contributed by atoms with E-state index in [4.69, 9.17) is 0 Å². The molecule has 3 rings (SSSR count). The van der Waals surface area contributed by atoms with E-state index < -0.39 is 0 Å². The Morgan fingerprint density at radius 1 is 1.15 bits per heavy atom. The lowest BCUT2D eigenvalue weighted by molar-refractivity contribution is 1.07. The van der Waals surface area contributed by atoms with Crippen molar-refractivity contribution in [1.82, 2.24) is 20.2 Å². The van der Waals surface area contributed by atoms with Crippen LogP contribution in [0.5, 0.6) is 0 Å². The highest BCUT2D eigenvalue weighted by Gasteiger charge is 2.02. The molecule has 20 heavy (non-hydrogen) atoms. The minimum Gasteiger partial charge on any atom is -0.365 e. The van der Waals surface area contributed by atoms with Crippen LogP contribution in [0.4, 0.5) is 5.82 Å². The second-order valence-electron chi connectivity index (χ2n) is 4.24. The first-order valence-corrected chi connectivity index (χ1v) is 7.19. The van der Waals surface area contributed by atoms with Gasteiger partial charge in [-0.05, 0) is 39.8 Å². The second-order valence-corrected chi connectivity index (χ2v) is 5.40. The molecule has 5 nitrogen and oxygen atoms in total. The van der Waals surface area contributed by atoms with Crippen LogP contribution in [0.25, 0.3) is 11.3 Å². The van der Waals surface area contributed by atoms with E-state index in [1.807, 2.05) is 6.07 Å². The summed E-state index contributed by atoms with van der Waals surface area (Å²) in [7, 11) is 0. The molecule has 2 heterocycles. The lowest BCUT2D eigenvalue weighted by Crippen LogP contribution is -2.03. The van der Waals surface area contributed by atoms with Gasteiger partial charge in [0, 0.05) is 18.9 Å². The number of rotatable bonds is 4. The van der Waals surface area contributed by atoms with E-state index in [2.05, 4.69) is 72.3 Å². The van der Waals surface area contributed by atoms with Crippen molar-refractivity contribution < 1.29 is 0 Å². The molecule has 6 heteroatoms. The van der Waals surface area contributed by atoms with Crippen LogP contribution in [-0.2, 0) is 6.54 Å². The highest BCUT2D eigenvalue weighted by atomic mass is 127. The number of anilines is 1. The van der Waals surface area contributed by atoms with Gasteiger partial charge in [-0.25, -0.2) is 9.97 Å². The van der Waals surface area contributed by atoms with Crippen LogP contribution in [0.2, 0.25) is 0 Å². The fourth-order valence-electron chi connectivity index (χ4n) is 1.85. The van der Waals surface area contributed by atoms with Crippen molar-refractivity contribution in [2.75, 3.05) is 5.32 Å². The number of aromatic amines is 1. The molecule has 100 valence electrons. The summed E-state index contributed by atoms with van der Waals surface area (Å²) in [5, 5.41) is 10.2. The van der Waals surface area contributed by atoms with Gasteiger partial charge < -0.3 is 5.32 Å². The van der Waals surface area contributed by atoms with Crippen LogP contribution in [-0.4, -0.2) is 20.2 Å². The van der Waals surface area contributed by atoms with Crippen LogP contribution in [0, 0.1) is 3.57 Å². The zero-order valence-corrected chi connectivity index (χ0v) is 12.7. The molecule has 0 unspecified atom stereocenters. The average Bonchev–Trinajstić information content (AvgIpc) is 3.01. The first-order chi connectivity index (χ1) is 9.83. The maximum atomic E-state index is 4.21. The maximum absolute atomic E-state index is 4.21. The number of H-pyrrole nitrogens is 1. The van der Waals surface area contributed by atoms with Gasteiger partial charge >= 0.3 is 0 Å². The maximum Gasteiger partial charge on any atom is 0.143 e. The summed E-state index contributed by atoms with van der Waals surface area (Å²) in [5.41, 5.74) is 3.35. The molecule has 2 aromatic heterocycles. The smallest absolute Gasteiger partial charge is 0.143 e. The van der Waals surface area contributed by atoms with Crippen molar-refractivity contribution in [3.63, 3.8) is 0 Å². The first kappa shape index (κ1) is 13.0. The van der Waals surface area contributed by atoms with Gasteiger partial charge in [-0.15, -0.1) is 0 Å². The Kier molecular flexibility index (Phi) is 3.91. The summed E-state index contributed by atoms with van der Waals surface area (Å²) in [6.07, 6.45) is 5.09. The Morgan fingerprint density at radius 3 is 2.70 bits per heavy atom. The van der Waals surface area contributed by atoms with Crippen LogP contribution in [0.15, 0.2) is 49.1 Å². The van der Waals surface area contributed by atoms with E-state index in [1.54, 1.807) is 18.7 Å². The number of benzene rings is 1. The summed E-state index contributed by atoms with van der Waals surface area (Å²) in [4.78, 5) is 8.18. The third kappa shape index (κ3) is 2.96. The van der Waals surface area contributed by atoms with E-state index in [1.165, 1.54) is 5.56 Å². The summed E-state index contributed by atoms with van der Waals surface area (Å²) < 4.78 is 1.01. The number of nitrogens with zero attached hydrogens (tertiary/aromatic N) is 3. The van der Waals surface area contributed by atoms with Gasteiger partial charge in [0.15, 0.2) is 0 Å². The highest BCUT2D eigenvalue weighted by molar-refractivity contribution is 14.1. The predicted octanol–water partition coefficient (Wildman–Crippen LogP) is 3.08. The molecule has 0 saturated heterocycles. The van der Waals surface area contributed by atoms with Gasteiger partial charge in [0.25, 0.3) is 0 Å². The van der Waals surface area contributed by atoms with Crippen LogP contribution in [0.1, 0.15) is 5.56 Å². The zero-order valence-electron chi connectivity index (χ0n) is 10.5. The molecule has 0 fully saturated rings. The van der Waals surface area contributed by atoms with Crippen molar-refractivity contribution in [2.45, 2.75) is 6.54 Å². The van der Waals surface area contributed by atoms with E-state index in [9.17, 15) is 0 Å². The molecule has 1 aromatic carbocycles. The topological polar surface area (TPSA) is 66.5 Å². The molecular weight excluding hydrogens is 365 g/mol. The molecule has 0 atom stereocenters. The highest BCUT2D eigenvalue weighted by Crippen LogP contribution is 2.18. The molecule has 3 aromatic rings. The minimum atomic E-state index is 0.732. The van der Waals surface area contributed by atoms with Crippen molar-refractivity contribution in [3.05, 3.63) is 58.2 Å². The van der Waals surface area contributed by atoms with E-state index in [0.717, 1.165) is 27.2 Å². The molecule has 0 spiro atoms. The van der Waals surface area contributed by atoms with Crippen molar-refractivity contribution >= 4 is 28.4 Å². The van der Waals surface area contributed by atoms with E-state index in [-0.39, 0.29) is 0 Å². The van der Waals surface area contributed by atoms with Gasteiger partial charge in [-0.3, -0.25) is 5.10 Å². The van der Waals surface area contributed by atoms with Crippen LogP contribution in [0.3, 0.4) is 0 Å². The third-order valence-electron chi connectivity index (χ3n) is 2.89. The summed E-state index contributed by atoms with van der Waals surface area (Å²) in [6.45, 7) is 0.732. The largest absolute Gasteiger partial charge is 0.365 e. The lowest BCUT2D eigenvalue weighted by atomic mass is 10.1. The zero-order chi connectivity index (χ0) is 13.8. The first-order valence-electron chi connectivity index (χ1n) is 6.11. The van der Waals surface area contributed by atoms with Crippen molar-refractivity contribution in [2.24, 2.45) is 0 Å². The number of hydrogen-bond acceptors (Lipinski definition) is 4. The molecule has 0 aliphatic rings. The monoisotopic (exact) mass is 377 g/mol. The Bertz CT molecular complexity index is 679. The van der Waals surface area contributed by atoms with Gasteiger partial charge in [0.2, 0.25) is 0 Å². The fraction of sp³-hybridized carbons (Fsp3) is 0.0714.